The lowest BCUT2D eigenvalue weighted by atomic mass is 10.1. The molecule has 116 valence electrons. The van der Waals surface area contributed by atoms with Gasteiger partial charge in [-0.1, -0.05) is 19.1 Å². The lowest BCUT2D eigenvalue weighted by molar-refractivity contribution is -0.117. The van der Waals surface area contributed by atoms with Crippen molar-refractivity contribution in [3.05, 3.63) is 34.7 Å². The van der Waals surface area contributed by atoms with Crippen LogP contribution < -0.4 is 4.90 Å². The minimum absolute atomic E-state index is 0.220. The maximum Gasteiger partial charge on any atom is 0.227 e. The molecule has 0 N–H and O–H groups in total. The molecule has 0 radical (unpaired) electrons. The van der Waals surface area contributed by atoms with Crippen molar-refractivity contribution in [2.24, 2.45) is 0 Å². The fourth-order valence-electron chi connectivity index (χ4n) is 2.70. The van der Waals surface area contributed by atoms with Crippen LogP contribution in [0.25, 0.3) is 11.3 Å². The van der Waals surface area contributed by atoms with E-state index in [1.54, 1.807) is 18.4 Å². The summed E-state index contributed by atoms with van der Waals surface area (Å²) in [4.78, 5) is 18.3. The van der Waals surface area contributed by atoms with Crippen molar-refractivity contribution in [2.45, 2.75) is 25.7 Å². The highest BCUT2D eigenvalue weighted by molar-refractivity contribution is 7.10. The first-order valence-corrected chi connectivity index (χ1v) is 8.42. The van der Waals surface area contributed by atoms with Crippen LogP contribution in [0.3, 0.4) is 0 Å². The van der Waals surface area contributed by atoms with Crippen LogP contribution in [-0.2, 0) is 9.53 Å². The quantitative estimate of drug-likeness (QED) is 0.845. The van der Waals surface area contributed by atoms with Crippen LogP contribution in [0.4, 0.5) is 5.69 Å². The Morgan fingerprint density at radius 2 is 2.14 bits per heavy atom. The Bertz CT molecular complexity index is 651. The zero-order valence-corrected chi connectivity index (χ0v) is 13.7. The average Bonchev–Trinajstić information content (AvgIpc) is 3.17. The van der Waals surface area contributed by atoms with E-state index < -0.39 is 0 Å². The first-order chi connectivity index (χ1) is 10.7. The Morgan fingerprint density at radius 3 is 2.77 bits per heavy atom. The van der Waals surface area contributed by atoms with Crippen molar-refractivity contribution >= 4 is 22.9 Å². The maximum atomic E-state index is 11.8. The molecule has 1 aromatic heterocycles. The number of anilines is 1. The van der Waals surface area contributed by atoms with Crippen LogP contribution in [0.2, 0.25) is 0 Å². The first kappa shape index (κ1) is 15.2. The molecule has 1 atom stereocenters. The van der Waals surface area contributed by atoms with E-state index in [1.807, 2.05) is 29.2 Å². The SMILES string of the molecule is COC[C@H](C)c1nc(-c2ccc(N3CCCC3=O)cc2)cs1. The fourth-order valence-corrected chi connectivity index (χ4v) is 3.57. The number of methoxy groups -OCH3 is 1. The number of hydrogen-bond donors (Lipinski definition) is 0. The van der Waals surface area contributed by atoms with Gasteiger partial charge in [0.25, 0.3) is 0 Å². The van der Waals surface area contributed by atoms with E-state index in [9.17, 15) is 4.79 Å². The van der Waals surface area contributed by atoms with E-state index in [4.69, 9.17) is 9.72 Å². The number of carbonyl (C=O) groups excluding carboxylic acids is 1. The lowest BCUT2D eigenvalue weighted by Gasteiger charge is -2.15. The van der Waals surface area contributed by atoms with Gasteiger partial charge in [-0.25, -0.2) is 4.98 Å². The largest absolute Gasteiger partial charge is 0.384 e. The third kappa shape index (κ3) is 3.05. The summed E-state index contributed by atoms with van der Waals surface area (Å²) in [6.45, 7) is 3.63. The third-order valence-electron chi connectivity index (χ3n) is 3.91. The minimum Gasteiger partial charge on any atom is -0.384 e. The van der Waals surface area contributed by atoms with Gasteiger partial charge in [0.15, 0.2) is 0 Å². The van der Waals surface area contributed by atoms with Crippen molar-refractivity contribution < 1.29 is 9.53 Å². The van der Waals surface area contributed by atoms with Crippen molar-refractivity contribution in [3.8, 4) is 11.3 Å². The van der Waals surface area contributed by atoms with Crippen molar-refractivity contribution in [2.75, 3.05) is 25.2 Å². The highest BCUT2D eigenvalue weighted by Crippen LogP contribution is 2.29. The van der Waals surface area contributed by atoms with Gasteiger partial charge < -0.3 is 9.64 Å². The number of rotatable bonds is 5. The number of aromatic nitrogens is 1. The normalized spacial score (nSPS) is 16.3. The summed E-state index contributed by atoms with van der Waals surface area (Å²) in [5, 5.41) is 3.17. The summed E-state index contributed by atoms with van der Waals surface area (Å²) in [6.07, 6.45) is 1.61. The highest BCUT2D eigenvalue weighted by Gasteiger charge is 2.21. The molecule has 1 aliphatic heterocycles. The van der Waals surface area contributed by atoms with E-state index in [0.29, 0.717) is 18.9 Å². The number of thiazole rings is 1. The molecule has 22 heavy (non-hydrogen) atoms. The second-order valence-corrected chi connectivity index (χ2v) is 6.51. The zero-order chi connectivity index (χ0) is 15.5. The molecule has 1 amide bonds. The van der Waals surface area contributed by atoms with Gasteiger partial charge in [-0.05, 0) is 18.6 Å². The molecule has 0 aliphatic carbocycles. The lowest BCUT2D eigenvalue weighted by Crippen LogP contribution is -2.23. The molecule has 5 heteroatoms. The van der Waals surface area contributed by atoms with Gasteiger partial charge in [0, 0.05) is 42.6 Å². The van der Waals surface area contributed by atoms with Crippen LogP contribution in [0.5, 0.6) is 0 Å². The summed E-state index contributed by atoms with van der Waals surface area (Å²) < 4.78 is 5.18. The predicted octanol–water partition coefficient (Wildman–Crippen LogP) is 3.69. The fraction of sp³-hybridized carbons (Fsp3) is 0.412. The van der Waals surface area contributed by atoms with Gasteiger partial charge in [-0.3, -0.25) is 4.79 Å². The molecule has 0 saturated carbocycles. The van der Waals surface area contributed by atoms with Crippen LogP contribution in [0.1, 0.15) is 30.7 Å². The van der Waals surface area contributed by atoms with E-state index in [0.717, 1.165) is 34.9 Å². The summed E-state index contributed by atoms with van der Waals surface area (Å²) in [5.74, 6) is 0.530. The van der Waals surface area contributed by atoms with E-state index in [-0.39, 0.29) is 5.91 Å². The van der Waals surface area contributed by atoms with Gasteiger partial charge in [-0.2, -0.15) is 0 Å². The van der Waals surface area contributed by atoms with Crippen LogP contribution in [0, 0.1) is 0 Å². The Balaban J connectivity index is 1.77. The second-order valence-electron chi connectivity index (χ2n) is 5.62. The van der Waals surface area contributed by atoms with Crippen LogP contribution in [0.15, 0.2) is 29.6 Å². The van der Waals surface area contributed by atoms with E-state index >= 15 is 0 Å². The summed E-state index contributed by atoms with van der Waals surface area (Å²) in [6, 6.07) is 8.10. The maximum absolute atomic E-state index is 11.8. The molecule has 0 spiro atoms. The Morgan fingerprint density at radius 1 is 1.36 bits per heavy atom. The molecule has 1 fully saturated rings. The van der Waals surface area contributed by atoms with E-state index in [2.05, 4.69) is 12.3 Å². The average molecular weight is 316 g/mol. The first-order valence-electron chi connectivity index (χ1n) is 7.54. The molecule has 1 aromatic carbocycles. The second kappa shape index (κ2) is 6.58. The van der Waals surface area contributed by atoms with Gasteiger partial charge in [-0.15, -0.1) is 11.3 Å². The standard InChI is InChI=1S/C17H20N2O2S/c1-12(10-21-2)17-18-15(11-22-17)13-5-7-14(8-6-13)19-9-3-4-16(19)20/h5-8,11-12H,3-4,9-10H2,1-2H3/t12-/m0/s1. The molecule has 2 heterocycles. The van der Waals surface area contributed by atoms with Crippen LogP contribution >= 0.6 is 11.3 Å². The summed E-state index contributed by atoms with van der Waals surface area (Å²) >= 11 is 1.67. The highest BCUT2D eigenvalue weighted by atomic mass is 32.1. The van der Waals surface area contributed by atoms with Crippen molar-refractivity contribution in [1.82, 2.24) is 4.98 Å². The number of ether oxygens (including phenoxy) is 1. The smallest absolute Gasteiger partial charge is 0.227 e. The molecule has 0 unspecified atom stereocenters. The molecular weight excluding hydrogens is 296 g/mol. The van der Waals surface area contributed by atoms with Gasteiger partial charge in [0.05, 0.1) is 17.3 Å². The van der Waals surface area contributed by atoms with Gasteiger partial charge in [0.2, 0.25) is 5.91 Å². The molecule has 4 nitrogen and oxygen atoms in total. The molecule has 2 aromatic rings. The number of amides is 1. The molecule has 1 saturated heterocycles. The Hall–Kier alpha value is -1.72. The molecule has 1 aliphatic rings. The van der Waals surface area contributed by atoms with Crippen molar-refractivity contribution in [1.29, 1.82) is 0 Å². The number of nitrogens with zero attached hydrogens (tertiary/aromatic N) is 2. The van der Waals surface area contributed by atoms with E-state index in [1.165, 1.54) is 0 Å². The zero-order valence-electron chi connectivity index (χ0n) is 12.9. The van der Waals surface area contributed by atoms with Gasteiger partial charge >= 0.3 is 0 Å². The monoisotopic (exact) mass is 316 g/mol. The Labute approximate surface area is 134 Å². The number of benzene rings is 1. The van der Waals surface area contributed by atoms with Crippen LogP contribution in [-0.4, -0.2) is 31.2 Å². The van der Waals surface area contributed by atoms with Crippen molar-refractivity contribution in [3.63, 3.8) is 0 Å². The minimum atomic E-state index is 0.220. The molecule has 3 rings (SSSR count). The third-order valence-corrected chi connectivity index (χ3v) is 4.98. The molecular formula is C17H20N2O2S. The van der Waals surface area contributed by atoms with Gasteiger partial charge in [0.1, 0.15) is 0 Å². The number of hydrogen-bond acceptors (Lipinski definition) is 4. The summed E-state index contributed by atoms with van der Waals surface area (Å²) in [7, 11) is 1.71. The molecule has 0 bridgehead atoms. The Kier molecular flexibility index (Phi) is 4.55. The topological polar surface area (TPSA) is 42.4 Å². The predicted molar refractivity (Wildman–Crippen MR) is 89.4 cm³/mol. The summed E-state index contributed by atoms with van der Waals surface area (Å²) in [5.41, 5.74) is 3.05. The number of carbonyl (C=O) groups is 1.